The predicted molar refractivity (Wildman–Crippen MR) is 97.7 cm³/mol. The number of amides is 1. The van der Waals surface area contributed by atoms with Gasteiger partial charge in [-0.05, 0) is 37.0 Å². The number of likely N-dealkylation sites (tertiary alicyclic amines) is 1. The molecule has 0 radical (unpaired) electrons. The number of carbonyl (C=O) groups excluding carboxylic acids is 1. The van der Waals surface area contributed by atoms with E-state index in [2.05, 4.69) is 29.4 Å². The number of carbonyl (C=O) groups is 1. The van der Waals surface area contributed by atoms with E-state index >= 15 is 0 Å². The zero-order valence-corrected chi connectivity index (χ0v) is 14.3. The van der Waals surface area contributed by atoms with E-state index in [1.165, 1.54) is 18.4 Å². The van der Waals surface area contributed by atoms with Crippen molar-refractivity contribution < 1.29 is 4.79 Å². The number of pyridine rings is 1. The van der Waals surface area contributed by atoms with Crippen molar-refractivity contribution in [2.45, 2.75) is 39.0 Å². The summed E-state index contributed by atoms with van der Waals surface area (Å²) in [6.45, 7) is 3.85. The van der Waals surface area contributed by atoms with E-state index in [0.717, 1.165) is 43.7 Å². The highest BCUT2D eigenvalue weighted by molar-refractivity contribution is 5.95. The molecule has 1 fully saturated rings. The van der Waals surface area contributed by atoms with Crippen molar-refractivity contribution in [3.8, 4) is 0 Å². The Morgan fingerprint density at radius 2 is 1.88 bits per heavy atom. The van der Waals surface area contributed by atoms with Crippen LogP contribution in [0.25, 0.3) is 0 Å². The topological polar surface area (TPSA) is 45.2 Å². The van der Waals surface area contributed by atoms with Crippen molar-refractivity contribution in [3.05, 3.63) is 53.9 Å². The molecule has 0 bridgehead atoms. The molecule has 0 saturated carbocycles. The van der Waals surface area contributed by atoms with Crippen LogP contribution in [0, 0.1) is 0 Å². The SMILES string of the molecule is CCc1ccccc1Nc1cncc(C(=O)N2CCCCCC2)c1. The smallest absolute Gasteiger partial charge is 0.255 e. The van der Waals surface area contributed by atoms with E-state index in [1.54, 1.807) is 12.4 Å². The van der Waals surface area contributed by atoms with Gasteiger partial charge in [-0.3, -0.25) is 9.78 Å². The standard InChI is InChI=1S/C20H25N3O/c1-2-16-9-5-6-10-19(16)22-18-13-17(14-21-15-18)20(24)23-11-7-3-4-8-12-23/h5-6,9-10,13-15,22H,2-4,7-8,11-12H2,1H3. The van der Waals surface area contributed by atoms with E-state index in [-0.39, 0.29) is 5.91 Å². The molecule has 1 aromatic heterocycles. The van der Waals surface area contributed by atoms with Crippen LogP contribution in [0.1, 0.15) is 48.5 Å². The lowest BCUT2D eigenvalue weighted by molar-refractivity contribution is 0.0761. The van der Waals surface area contributed by atoms with Gasteiger partial charge in [0.2, 0.25) is 0 Å². The molecular formula is C20H25N3O. The zero-order valence-electron chi connectivity index (χ0n) is 14.3. The van der Waals surface area contributed by atoms with Crippen LogP contribution >= 0.6 is 0 Å². The van der Waals surface area contributed by atoms with Crippen molar-refractivity contribution in [1.29, 1.82) is 0 Å². The molecule has 126 valence electrons. The number of hydrogen-bond donors (Lipinski definition) is 1. The fourth-order valence-electron chi connectivity index (χ4n) is 3.19. The number of aromatic nitrogens is 1. The quantitative estimate of drug-likeness (QED) is 0.907. The number of benzene rings is 1. The normalized spacial score (nSPS) is 15.0. The summed E-state index contributed by atoms with van der Waals surface area (Å²) in [6.07, 6.45) is 9.04. The van der Waals surface area contributed by atoms with E-state index in [9.17, 15) is 4.79 Å². The summed E-state index contributed by atoms with van der Waals surface area (Å²) < 4.78 is 0. The van der Waals surface area contributed by atoms with Crippen LogP contribution in [0.4, 0.5) is 11.4 Å². The molecule has 1 aliphatic heterocycles. The predicted octanol–water partition coefficient (Wildman–Crippen LogP) is 4.40. The average molecular weight is 323 g/mol. The number of anilines is 2. The lowest BCUT2D eigenvalue weighted by Crippen LogP contribution is -2.31. The summed E-state index contributed by atoms with van der Waals surface area (Å²) in [5, 5.41) is 3.40. The number of hydrogen-bond acceptors (Lipinski definition) is 3. The first kappa shape index (κ1) is 16.5. The molecule has 1 amide bonds. The minimum atomic E-state index is 0.0943. The Labute approximate surface area is 143 Å². The van der Waals surface area contributed by atoms with E-state index in [0.29, 0.717) is 5.56 Å². The highest BCUT2D eigenvalue weighted by atomic mass is 16.2. The maximum Gasteiger partial charge on any atom is 0.255 e. The van der Waals surface area contributed by atoms with Crippen LogP contribution in [0.2, 0.25) is 0 Å². The summed E-state index contributed by atoms with van der Waals surface area (Å²) >= 11 is 0. The van der Waals surface area contributed by atoms with E-state index in [4.69, 9.17) is 0 Å². The van der Waals surface area contributed by atoms with Crippen LogP contribution in [0.15, 0.2) is 42.7 Å². The second-order valence-electron chi connectivity index (χ2n) is 6.30. The Bertz CT molecular complexity index is 691. The van der Waals surface area contributed by atoms with Gasteiger partial charge in [-0.2, -0.15) is 0 Å². The fourth-order valence-corrected chi connectivity index (χ4v) is 3.19. The molecule has 4 heteroatoms. The monoisotopic (exact) mass is 323 g/mol. The van der Waals surface area contributed by atoms with Gasteiger partial charge in [0.25, 0.3) is 5.91 Å². The van der Waals surface area contributed by atoms with Crippen LogP contribution in [0.5, 0.6) is 0 Å². The summed E-state index contributed by atoms with van der Waals surface area (Å²) in [4.78, 5) is 19.0. The van der Waals surface area contributed by atoms with E-state index in [1.807, 2.05) is 23.1 Å². The zero-order chi connectivity index (χ0) is 16.8. The van der Waals surface area contributed by atoms with Crippen LogP contribution in [0.3, 0.4) is 0 Å². The second kappa shape index (κ2) is 7.95. The average Bonchev–Trinajstić information content (AvgIpc) is 2.91. The van der Waals surface area contributed by atoms with Gasteiger partial charge in [0.1, 0.15) is 0 Å². The maximum atomic E-state index is 12.7. The Morgan fingerprint density at radius 3 is 2.62 bits per heavy atom. The Kier molecular flexibility index (Phi) is 5.47. The third-order valence-corrected chi connectivity index (χ3v) is 4.56. The molecule has 3 rings (SSSR count). The Hall–Kier alpha value is -2.36. The molecule has 2 aromatic rings. The van der Waals surface area contributed by atoms with Gasteiger partial charge < -0.3 is 10.2 Å². The lowest BCUT2D eigenvalue weighted by Gasteiger charge is -2.20. The number of para-hydroxylation sites is 1. The number of rotatable bonds is 4. The molecule has 0 atom stereocenters. The van der Waals surface area contributed by atoms with Crippen molar-refractivity contribution in [2.24, 2.45) is 0 Å². The summed E-state index contributed by atoms with van der Waals surface area (Å²) in [6, 6.07) is 10.1. The summed E-state index contributed by atoms with van der Waals surface area (Å²) in [7, 11) is 0. The highest BCUT2D eigenvalue weighted by Gasteiger charge is 2.18. The second-order valence-corrected chi connectivity index (χ2v) is 6.30. The van der Waals surface area contributed by atoms with Gasteiger partial charge in [0, 0.05) is 25.0 Å². The molecule has 0 aliphatic carbocycles. The van der Waals surface area contributed by atoms with Gasteiger partial charge >= 0.3 is 0 Å². The van der Waals surface area contributed by atoms with Gasteiger partial charge in [-0.15, -0.1) is 0 Å². The molecule has 0 spiro atoms. The molecule has 4 nitrogen and oxygen atoms in total. The first-order valence-corrected chi connectivity index (χ1v) is 8.87. The maximum absolute atomic E-state index is 12.7. The van der Waals surface area contributed by atoms with Gasteiger partial charge in [-0.1, -0.05) is 38.0 Å². The molecule has 1 aliphatic rings. The molecular weight excluding hydrogens is 298 g/mol. The number of aryl methyl sites for hydroxylation is 1. The molecule has 1 saturated heterocycles. The Balaban J connectivity index is 1.77. The lowest BCUT2D eigenvalue weighted by atomic mass is 10.1. The first-order chi connectivity index (χ1) is 11.8. The highest BCUT2D eigenvalue weighted by Crippen LogP contribution is 2.22. The third-order valence-electron chi connectivity index (χ3n) is 4.56. The van der Waals surface area contributed by atoms with Gasteiger partial charge in [0.05, 0.1) is 17.4 Å². The van der Waals surface area contributed by atoms with Crippen LogP contribution in [-0.4, -0.2) is 28.9 Å². The van der Waals surface area contributed by atoms with Gasteiger partial charge in [0.15, 0.2) is 0 Å². The minimum Gasteiger partial charge on any atom is -0.354 e. The summed E-state index contributed by atoms with van der Waals surface area (Å²) in [5.74, 6) is 0.0943. The molecule has 1 N–H and O–H groups in total. The molecule has 2 heterocycles. The van der Waals surface area contributed by atoms with Crippen molar-refractivity contribution >= 4 is 17.3 Å². The fraction of sp³-hybridized carbons (Fsp3) is 0.400. The molecule has 0 unspecified atom stereocenters. The summed E-state index contributed by atoms with van der Waals surface area (Å²) in [5.41, 5.74) is 3.84. The van der Waals surface area contributed by atoms with E-state index < -0.39 is 0 Å². The largest absolute Gasteiger partial charge is 0.354 e. The van der Waals surface area contributed by atoms with Crippen molar-refractivity contribution in [2.75, 3.05) is 18.4 Å². The molecule has 24 heavy (non-hydrogen) atoms. The number of nitrogens with one attached hydrogen (secondary N) is 1. The molecule has 1 aromatic carbocycles. The third kappa shape index (κ3) is 3.94. The van der Waals surface area contributed by atoms with Crippen molar-refractivity contribution in [3.63, 3.8) is 0 Å². The van der Waals surface area contributed by atoms with Crippen LogP contribution < -0.4 is 5.32 Å². The minimum absolute atomic E-state index is 0.0943. The first-order valence-electron chi connectivity index (χ1n) is 8.87. The van der Waals surface area contributed by atoms with Gasteiger partial charge in [-0.25, -0.2) is 0 Å². The number of nitrogens with zero attached hydrogens (tertiary/aromatic N) is 2. The van der Waals surface area contributed by atoms with Crippen molar-refractivity contribution in [1.82, 2.24) is 9.88 Å². The van der Waals surface area contributed by atoms with Crippen LogP contribution in [-0.2, 0) is 6.42 Å². The Morgan fingerprint density at radius 1 is 1.12 bits per heavy atom.